The molecule has 2 atom stereocenters. The number of morpholine rings is 1. The van der Waals surface area contributed by atoms with E-state index in [1.54, 1.807) is 0 Å². The second kappa shape index (κ2) is 12.1. The molecule has 1 aromatic heterocycles. The van der Waals surface area contributed by atoms with Crippen molar-refractivity contribution < 1.29 is 14.6 Å². The summed E-state index contributed by atoms with van der Waals surface area (Å²) in [5.74, 6) is 0.983. The minimum Gasteiger partial charge on any atom is -0.481 e. The molecule has 2 N–H and O–H groups in total. The normalized spacial score (nSPS) is 21.1. The fourth-order valence-corrected chi connectivity index (χ4v) is 6.50. The molecule has 3 aliphatic heterocycles. The van der Waals surface area contributed by atoms with Crippen LogP contribution in [0.1, 0.15) is 48.4 Å². The van der Waals surface area contributed by atoms with Crippen LogP contribution in [0.15, 0.2) is 30.3 Å². The average molecular weight is 605 g/mol. The molecule has 194 valence electrons. The molecule has 7 nitrogen and oxygen atoms in total. The van der Waals surface area contributed by atoms with Crippen molar-refractivity contribution in [3.63, 3.8) is 0 Å². The minimum absolute atomic E-state index is 0.0101. The van der Waals surface area contributed by atoms with E-state index in [-0.39, 0.29) is 12.3 Å². The smallest absolute Gasteiger partial charge is 0.304 e. The zero-order valence-corrected chi connectivity index (χ0v) is 23.1. The van der Waals surface area contributed by atoms with Crippen LogP contribution < -0.4 is 10.2 Å². The van der Waals surface area contributed by atoms with Crippen LogP contribution in [-0.2, 0) is 22.4 Å². The zero-order chi connectivity index (χ0) is 24.9. The molecule has 0 amide bonds. The quantitative estimate of drug-likeness (QED) is 0.412. The number of rotatable bonds is 9. The molecule has 2 aromatic rings. The number of nitrogens with zero attached hydrogens (tertiary/aromatic N) is 3. The van der Waals surface area contributed by atoms with Gasteiger partial charge in [-0.1, -0.05) is 6.07 Å². The molecule has 0 bridgehead atoms. The van der Waals surface area contributed by atoms with Crippen LogP contribution >= 0.6 is 22.6 Å². The number of nitrogens with one attached hydrogen (secondary N) is 1. The fraction of sp³-hybridized carbons (Fsp3) is 0.571. The average Bonchev–Trinajstić information content (AvgIpc) is 3.34. The summed E-state index contributed by atoms with van der Waals surface area (Å²) in [6.45, 7) is 7.15. The minimum atomic E-state index is -0.727. The van der Waals surface area contributed by atoms with E-state index >= 15 is 0 Å². The van der Waals surface area contributed by atoms with Gasteiger partial charge in [0.25, 0.3) is 0 Å². The van der Waals surface area contributed by atoms with Crippen molar-refractivity contribution in [1.29, 1.82) is 0 Å². The lowest BCUT2D eigenvalue weighted by atomic mass is 9.94. The predicted octanol–water partition coefficient (Wildman–Crippen LogP) is 4.39. The second-order valence-electron chi connectivity index (χ2n) is 10.4. The van der Waals surface area contributed by atoms with Gasteiger partial charge in [0.2, 0.25) is 0 Å². The van der Waals surface area contributed by atoms with Gasteiger partial charge in [-0.3, -0.25) is 4.79 Å². The molecule has 4 heterocycles. The Balaban J connectivity index is 1.20. The van der Waals surface area contributed by atoms with Gasteiger partial charge in [-0.05, 0) is 103 Å². The van der Waals surface area contributed by atoms with Crippen molar-refractivity contribution in [1.82, 2.24) is 9.88 Å². The molecule has 36 heavy (non-hydrogen) atoms. The van der Waals surface area contributed by atoms with Crippen LogP contribution in [0.3, 0.4) is 0 Å². The number of hydrogen-bond acceptors (Lipinski definition) is 6. The first-order chi connectivity index (χ1) is 17.5. The van der Waals surface area contributed by atoms with Gasteiger partial charge in [0.05, 0.1) is 19.6 Å². The number of pyridine rings is 1. The highest BCUT2D eigenvalue weighted by atomic mass is 127. The molecule has 0 saturated carbocycles. The number of aromatic nitrogens is 1. The third kappa shape index (κ3) is 6.69. The van der Waals surface area contributed by atoms with Gasteiger partial charge in [0.15, 0.2) is 0 Å². The molecule has 0 radical (unpaired) electrons. The van der Waals surface area contributed by atoms with E-state index < -0.39 is 5.97 Å². The van der Waals surface area contributed by atoms with Crippen molar-refractivity contribution in [2.24, 2.45) is 5.92 Å². The summed E-state index contributed by atoms with van der Waals surface area (Å²) in [5, 5.41) is 13.1. The maximum Gasteiger partial charge on any atom is 0.304 e. The monoisotopic (exact) mass is 604 g/mol. The first-order valence-corrected chi connectivity index (χ1v) is 14.4. The number of fused-ring (bicyclic) bond motifs is 1. The number of likely N-dealkylation sites (tertiary alicyclic amines) is 1. The molecule has 0 aliphatic carbocycles. The lowest BCUT2D eigenvalue weighted by molar-refractivity contribution is -0.137. The number of anilines is 2. The molecule has 1 aromatic carbocycles. The van der Waals surface area contributed by atoms with Gasteiger partial charge < -0.3 is 25.0 Å². The van der Waals surface area contributed by atoms with E-state index in [1.807, 2.05) is 0 Å². The van der Waals surface area contributed by atoms with E-state index in [4.69, 9.17) is 9.72 Å². The van der Waals surface area contributed by atoms with Crippen molar-refractivity contribution in [2.45, 2.75) is 44.4 Å². The summed E-state index contributed by atoms with van der Waals surface area (Å²) in [4.78, 5) is 21.5. The SMILES string of the molecule is O=C(O)CC(CN1CC[C@@H](CCc2ccc3c(n2)NCCC3)C1)c1cc(I)cc(N2CCOCC2)c1. The molecule has 3 aliphatic rings. The highest BCUT2D eigenvalue weighted by Gasteiger charge is 2.27. The van der Waals surface area contributed by atoms with Crippen molar-refractivity contribution in [3.05, 3.63) is 50.7 Å². The Morgan fingerprint density at radius 2 is 2.08 bits per heavy atom. The number of carbonyl (C=O) groups is 1. The zero-order valence-electron chi connectivity index (χ0n) is 20.9. The molecule has 0 spiro atoms. The van der Waals surface area contributed by atoms with E-state index in [2.05, 4.69) is 68.0 Å². The largest absolute Gasteiger partial charge is 0.481 e. The molecular weight excluding hydrogens is 567 g/mol. The van der Waals surface area contributed by atoms with Crippen LogP contribution in [0, 0.1) is 9.49 Å². The number of ether oxygens (including phenoxy) is 1. The van der Waals surface area contributed by atoms with Gasteiger partial charge in [0.1, 0.15) is 5.82 Å². The van der Waals surface area contributed by atoms with Crippen LogP contribution in [-0.4, -0.2) is 73.4 Å². The fourth-order valence-electron chi connectivity index (χ4n) is 5.82. The maximum atomic E-state index is 11.8. The molecular formula is C28H37IN4O3. The highest BCUT2D eigenvalue weighted by Crippen LogP contribution is 2.31. The maximum absolute atomic E-state index is 11.8. The lowest BCUT2D eigenvalue weighted by Crippen LogP contribution is -2.36. The number of carboxylic acid groups (broad SMARTS) is 1. The number of carboxylic acids is 1. The van der Waals surface area contributed by atoms with Crippen LogP contribution in [0.25, 0.3) is 0 Å². The Morgan fingerprint density at radius 3 is 2.92 bits per heavy atom. The lowest BCUT2D eigenvalue weighted by Gasteiger charge is -2.30. The van der Waals surface area contributed by atoms with E-state index in [1.165, 1.54) is 29.8 Å². The Labute approximate surface area is 227 Å². The van der Waals surface area contributed by atoms with E-state index in [0.717, 1.165) is 86.7 Å². The molecule has 2 saturated heterocycles. The number of aryl methyl sites for hydroxylation is 2. The standard InChI is InChI=1S/C28H37IN4O3/c29-24-14-22(15-26(17-24)33-10-12-36-13-11-33)23(16-27(34)35)19-32-9-7-20(18-32)3-5-25-6-4-21-2-1-8-30-28(21)31-25/h4,6,14-15,17,20,23H,1-3,5,7-13,16,18-19H2,(H,30,31)(H,34,35)/t20-,23?/m1/s1. The van der Waals surface area contributed by atoms with Gasteiger partial charge in [-0.25, -0.2) is 4.98 Å². The summed E-state index contributed by atoms with van der Waals surface area (Å²) in [6, 6.07) is 11.0. The number of benzene rings is 1. The summed E-state index contributed by atoms with van der Waals surface area (Å²) >= 11 is 2.36. The third-order valence-corrected chi connectivity index (χ3v) is 8.41. The second-order valence-corrected chi connectivity index (χ2v) is 11.7. The molecule has 5 rings (SSSR count). The predicted molar refractivity (Wildman–Crippen MR) is 151 cm³/mol. The molecule has 1 unspecified atom stereocenters. The van der Waals surface area contributed by atoms with Gasteiger partial charge >= 0.3 is 5.97 Å². The summed E-state index contributed by atoms with van der Waals surface area (Å²) in [5.41, 5.74) is 4.84. The van der Waals surface area contributed by atoms with Gasteiger partial charge in [-0.15, -0.1) is 0 Å². The molecule has 2 fully saturated rings. The van der Waals surface area contributed by atoms with Crippen molar-refractivity contribution in [3.8, 4) is 0 Å². The number of halogens is 1. The number of aliphatic carboxylic acids is 1. The van der Waals surface area contributed by atoms with Crippen molar-refractivity contribution >= 4 is 40.1 Å². The Morgan fingerprint density at radius 1 is 1.22 bits per heavy atom. The van der Waals surface area contributed by atoms with Gasteiger partial charge in [-0.2, -0.15) is 0 Å². The van der Waals surface area contributed by atoms with Crippen LogP contribution in [0.4, 0.5) is 11.5 Å². The first kappa shape index (κ1) is 25.7. The topological polar surface area (TPSA) is 77.9 Å². The summed E-state index contributed by atoms with van der Waals surface area (Å²) < 4.78 is 6.68. The Kier molecular flexibility index (Phi) is 8.64. The third-order valence-electron chi connectivity index (χ3n) is 7.78. The summed E-state index contributed by atoms with van der Waals surface area (Å²) in [6.07, 6.45) is 5.79. The Bertz CT molecular complexity index is 1060. The first-order valence-electron chi connectivity index (χ1n) is 13.3. The molecule has 8 heteroatoms. The van der Waals surface area contributed by atoms with E-state index in [0.29, 0.717) is 5.92 Å². The summed E-state index contributed by atoms with van der Waals surface area (Å²) in [7, 11) is 0. The van der Waals surface area contributed by atoms with Gasteiger partial charge in [0, 0.05) is 53.6 Å². The number of hydrogen-bond donors (Lipinski definition) is 2. The van der Waals surface area contributed by atoms with Crippen LogP contribution in [0.2, 0.25) is 0 Å². The highest BCUT2D eigenvalue weighted by molar-refractivity contribution is 14.1. The van der Waals surface area contributed by atoms with Crippen molar-refractivity contribution in [2.75, 3.05) is 62.7 Å². The Hall–Kier alpha value is -1.91. The van der Waals surface area contributed by atoms with E-state index in [9.17, 15) is 9.90 Å². The van der Waals surface area contributed by atoms with Crippen LogP contribution in [0.5, 0.6) is 0 Å².